The molecule has 126 valence electrons. The Balaban J connectivity index is 1.91. The van der Waals surface area contributed by atoms with Gasteiger partial charge in [-0.3, -0.25) is 0 Å². The van der Waals surface area contributed by atoms with Gasteiger partial charge in [0.25, 0.3) is 0 Å². The predicted molar refractivity (Wildman–Crippen MR) is 97.1 cm³/mol. The number of hydrogen-bond acceptors (Lipinski definition) is 4. The second-order valence-corrected chi connectivity index (χ2v) is 6.10. The van der Waals surface area contributed by atoms with Gasteiger partial charge in [-0.05, 0) is 30.7 Å². The Kier molecular flexibility index (Phi) is 3.92. The van der Waals surface area contributed by atoms with E-state index in [1.165, 1.54) is 5.56 Å². The van der Waals surface area contributed by atoms with Gasteiger partial charge in [0.1, 0.15) is 0 Å². The van der Waals surface area contributed by atoms with Gasteiger partial charge >= 0.3 is 0 Å². The molecule has 0 fully saturated rings. The number of anilines is 2. The van der Waals surface area contributed by atoms with Crippen LogP contribution >= 0.6 is 0 Å². The van der Waals surface area contributed by atoms with E-state index in [9.17, 15) is 10.2 Å². The number of fused-ring (bicyclic) bond motifs is 2. The van der Waals surface area contributed by atoms with E-state index in [-0.39, 0.29) is 6.04 Å². The maximum absolute atomic E-state index is 9.73. The molecule has 4 nitrogen and oxygen atoms in total. The molecule has 0 aromatic heterocycles. The molecule has 4 rings (SSSR count). The van der Waals surface area contributed by atoms with Crippen LogP contribution in [0.1, 0.15) is 30.4 Å². The van der Waals surface area contributed by atoms with Crippen molar-refractivity contribution in [3.8, 4) is 11.5 Å². The Labute approximate surface area is 146 Å². The van der Waals surface area contributed by atoms with E-state index in [4.69, 9.17) is 4.74 Å². The van der Waals surface area contributed by atoms with Crippen molar-refractivity contribution in [2.24, 2.45) is 0 Å². The zero-order valence-corrected chi connectivity index (χ0v) is 13.8. The Morgan fingerprint density at radius 2 is 1.48 bits per heavy atom. The van der Waals surface area contributed by atoms with Crippen LogP contribution < -0.4 is 9.64 Å². The third-order valence-electron chi connectivity index (χ3n) is 4.57. The largest absolute Gasteiger partial charge is 0.452 e. The monoisotopic (exact) mass is 333 g/mol. The first kappa shape index (κ1) is 15.7. The summed E-state index contributed by atoms with van der Waals surface area (Å²) in [4.78, 5) is 2.18. The van der Waals surface area contributed by atoms with Crippen molar-refractivity contribution < 1.29 is 14.9 Å². The fourth-order valence-corrected chi connectivity index (χ4v) is 3.33. The molecular formula is C21H19NO3. The molecule has 3 aromatic carbocycles. The molecule has 1 aliphatic rings. The number of ether oxygens (including phenoxy) is 1. The van der Waals surface area contributed by atoms with Gasteiger partial charge in [-0.2, -0.15) is 0 Å². The van der Waals surface area contributed by atoms with E-state index < -0.39 is 6.29 Å². The van der Waals surface area contributed by atoms with E-state index in [2.05, 4.69) is 24.0 Å². The van der Waals surface area contributed by atoms with Gasteiger partial charge < -0.3 is 19.8 Å². The lowest BCUT2D eigenvalue weighted by atomic mass is 10.0. The van der Waals surface area contributed by atoms with Gasteiger partial charge in [0.2, 0.25) is 0 Å². The summed E-state index contributed by atoms with van der Waals surface area (Å²) in [6, 6.07) is 23.5. The summed E-state index contributed by atoms with van der Waals surface area (Å²) in [7, 11) is 0. The molecule has 0 bridgehead atoms. The molecule has 0 radical (unpaired) electrons. The smallest absolute Gasteiger partial charge is 0.182 e. The van der Waals surface area contributed by atoms with Crippen LogP contribution in [0.15, 0.2) is 72.8 Å². The highest BCUT2D eigenvalue weighted by Gasteiger charge is 2.31. The second kappa shape index (κ2) is 6.24. The maximum atomic E-state index is 9.73. The Morgan fingerprint density at radius 3 is 2.24 bits per heavy atom. The van der Waals surface area contributed by atoms with Gasteiger partial charge in [-0.15, -0.1) is 0 Å². The van der Waals surface area contributed by atoms with E-state index in [0.717, 1.165) is 11.4 Å². The molecule has 1 unspecified atom stereocenters. The molecule has 1 aliphatic heterocycles. The lowest BCUT2D eigenvalue weighted by Gasteiger charge is -2.38. The summed E-state index contributed by atoms with van der Waals surface area (Å²) >= 11 is 0. The SMILES string of the molecule is CC(c1ccccc1)N1c2ccccc2Oc2c(C(O)O)cccc21. The van der Waals surface area contributed by atoms with Crippen molar-refractivity contribution in [2.45, 2.75) is 19.3 Å². The van der Waals surface area contributed by atoms with Crippen LogP contribution in [-0.4, -0.2) is 10.2 Å². The van der Waals surface area contributed by atoms with Gasteiger partial charge in [0.05, 0.1) is 23.0 Å². The van der Waals surface area contributed by atoms with Crippen molar-refractivity contribution in [3.63, 3.8) is 0 Å². The highest BCUT2D eigenvalue weighted by atomic mass is 16.5. The van der Waals surface area contributed by atoms with Crippen LogP contribution in [0.3, 0.4) is 0 Å². The number of para-hydroxylation sites is 3. The highest BCUT2D eigenvalue weighted by molar-refractivity contribution is 5.80. The van der Waals surface area contributed by atoms with Crippen LogP contribution in [0.25, 0.3) is 0 Å². The Morgan fingerprint density at radius 1 is 0.800 bits per heavy atom. The van der Waals surface area contributed by atoms with E-state index in [0.29, 0.717) is 17.1 Å². The molecule has 1 heterocycles. The second-order valence-electron chi connectivity index (χ2n) is 6.10. The standard InChI is InChI=1S/C21H19NO3/c1-14(15-8-3-2-4-9-15)22-17-11-5-6-13-19(17)25-20-16(21(23)24)10-7-12-18(20)22/h2-14,21,23-24H,1H3. The fourth-order valence-electron chi connectivity index (χ4n) is 3.33. The van der Waals surface area contributed by atoms with E-state index in [1.54, 1.807) is 6.07 Å². The van der Waals surface area contributed by atoms with Crippen molar-refractivity contribution in [3.05, 3.63) is 83.9 Å². The van der Waals surface area contributed by atoms with Crippen LogP contribution in [0.2, 0.25) is 0 Å². The van der Waals surface area contributed by atoms with Gasteiger partial charge in [-0.25, -0.2) is 0 Å². The van der Waals surface area contributed by atoms with Gasteiger partial charge in [0, 0.05) is 0 Å². The number of aliphatic hydroxyl groups is 2. The third kappa shape index (κ3) is 2.65. The summed E-state index contributed by atoms with van der Waals surface area (Å²) in [6.07, 6.45) is -1.59. The first-order valence-electron chi connectivity index (χ1n) is 8.27. The average molecular weight is 333 g/mol. The maximum Gasteiger partial charge on any atom is 0.182 e. The highest BCUT2D eigenvalue weighted by Crippen LogP contribution is 2.52. The quantitative estimate of drug-likeness (QED) is 0.684. The molecule has 3 aromatic rings. The van der Waals surface area contributed by atoms with E-state index >= 15 is 0 Å². The first-order valence-corrected chi connectivity index (χ1v) is 8.27. The van der Waals surface area contributed by atoms with Crippen LogP contribution in [0, 0.1) is 0 Å². The number of aliphatic hydroxyl groups excluding tert-OH is 1. The molecular weight excluding hydrogens is 314 g/mol. The molecule has 0 amide bonds. The molecule has 25 heavy (non-hydrogen) atoms. The number of nitrogens with zero attached hydrogens (tertiary/aromatic N) is 1. The molecule has 0 aliphatic carbocycles. The molecule has 0 saturated heterocycles. The topological polar surface area (TPSA) is 52.9 Å². The fraction of sp³-hybridized carbons (Fsp3) is 0.143. The van der Waals surface area contributed by atoms with Crippen molar-refractivity contribution in [1.29, 1.82) is 0 Å². The Bertz CT molecular complexity index is 893. The summed E-state index contributed by atoms with van der Waals surface area (Å²) in [5.74, 6) is 1.19. The van der Waals surface area contributed by atoms with Gasteiger partial charge in [-0.1, -0.05) is 54.6 Å². The minimum absolute atomic E-state index is 0.0519. The molecule has 1 atom stereocenters. The predicted octanol–water partition coefficient (Wildman–Crippen LogP) is 4.67. The molecule has 2 N–H and O–H groups in total. The van der Waals surface area contributed by atoms with Crippen molar-refractivity contribution in [2.75, 3.05) is 4.90 Å². The zero-order chi connectivity index (χ0) is 17.4. The summed E-state index contributed by atoms with van der Waals surface area (Å²) in [5.41, 5.74) is 3.30. The lowest BCUT2D eigenvalue weighted by molar-refractivity contribution is -0.0436. The van der Waals surface area contributed by atoms with Crippen LogP contribution in [0.4, 0.5) is 11.4 Å². The summed E-state index contributed by atoms with van der Waals surface area (Å²) < 4.78 is 6.02. The minimum Gasteiger partial charge on any atom is -0.452 e. The first-order chi connectivity index (χ1) is 12.2. The Hall–Kier alpha value is -2.82. The average Bonchev–Trinajstić information content (AvgIpc) is 2.65. The zero-order valence-electron chi connectivity index (χ0n) is 13.8. The summed E-state index contributed by atoms with van der Waals surface area (Å²) in [6.45, 7) is 2.13. The number of hydrogen-bond donors (Lipinski definition) is 2. The lowest BCUT2D eigenvalue weighted by Crippen LogP contribution is -2.25. The normalized spacial score (nSPS) is 13.8. The molecule has 0 saturated carbocycles. The van der Waals surface area contributed by atoms with E-state index in [1.807, 2.05) is 54.6 Å². The molecule has 0 spiro atoms. The van der Waals surface area contributed by atoms with Crippen molar-refractivity contribution in [1.82, 2.24) is 0 Å². The van der Waals surface area contributed by atoms with Crippen LogP contribution in [0.5, 0.6) is 11.5 Å². The van der Waals surface area contributed by atoms with Crippen LogP contribution in [-0.2, 0) is 0 Å². The third-order valence-corrected chi connectivity index (χ3v) is 4.57. The summed E-state index contributed by atoms with van der Waals surface area (Å²) in [5, 5.41) is 19.5. The minimum atomic E-state index is -1.59. The van der Waals surface area contributed by atoms with Gasteiger partial charge in [0.15, 0.2) is 17.8 Å². The number of benzene rings is 3. The number of rotatable bonds is 3. The van der Waals surface area contributed by atoms with Crippen molar-refractivity contribution >= 4 is 11.4 Å². The molecule has 4 heteroatoms.